The Hall–Kier alpha value is -2.76. The predicted molar refractivity (Wildman–Crippen MR) is 102 cm³/mol. The molecule has 1 aliphatic rings. The first kappa shape index (κ1) is 18.0. The zero-order valence-corrected chi connectivity index (χ0v) is 15.3. The van der Waals surface area contributed by atoms with Crippen molar-refractivity contribution in [3.8, 4) is 11.5 Å². The van der Waals surface area contributed by atoms with E-state index in [1.54, 1.807) is 44.7 Å². The fourth-order valence-corrected chi connectivity index (χ4v) is 3.12. The Morgan fingerprint density at radius 2 is 1.81 bits per heavy atom. The van der Waals surface area contributed by atoms with Gasteiger partial charge in [0.1, 0.15) is 17.2 Å². The van der Waals surface area contributed by atoms with Crippen LogP contribution in [0.3, 0.4) is 0 Å². The molecule has 1 N–H and O–H groups in total. The maximum Gasteiger partial charge on any atom is 0.274 e. The van der Waals surface area contributed by atoms with Crippen molar-refractivity contribution in [1.29, 1.82) is 0 Å². The van der Waals surface area contributed by atoms with Gasteiger partial charge in [0.15, 0.2) is 0 Å². The van der Waals surface area contributed by atoms with Crippen LogP contribution in [0.25, 0.3) is 0 Å². The Balaban J connectivity index is 1.70. The van der Waals surface area contributed by atoms with E-state index in [0.29, 0.717) is 22.9 Å². The number of methoxy groups -OCH3 is 2. The molecule has 6 nitrogen and oxygen atoms in total. The number of hydrogen-bond donors (Lipinski definition) is 1. The summed E-state index contributed by atoms with van der Waals surface area (Å²) in [6.07, 6.45) is 6.77. The van der Waals surface area contributed by atoms with Crippen molar-refractivity contribution in [2.24, 2.45) is 0 Å². The SMILES string of the molecule is COc1ccc(NC(=O)c2ccc(N3CCCCCC3)cn2)c(OC)c1. The number of benzene rings is 1. The summed E-state index contributed by atoms with van der Waals surface area (Å²) in [5.41, 5.74) is 2.03. The molecule has 0 spiro atoms. The summed E-state index contributed by atoms with van der Waals surface area (Å²) in [6, 6.07) is 8.99. The van der Waals surface area contributed by atoms with E-state index < -0.39 is 0 Å². The van der Waals surface area contributed by atoms with Crippen LogP contribution in [-0.2, 0) is 0 Å². The second-order valence-electron chi connectivity index (χ2n) is 6.32. The van der Waals surface area contributed by atoms with Gasteiger partial charge in [-0.25, -0.2) is 4.98 Å². The number of carbonyl (C=O) groups excluding carboxylic acids is 1. The molecule has 1 fully saturated rings. The van der Waals surface area contributed by atoms with Gasteiger partial charge in [0, 0.05) is 19.2 Å². The molecule has 2 aromatic rings. The van der Waals surface area contributed by atoms with Crippen LogP contribution < -0.4 is 19.7 Å². The molecule has 6 heteroatoms. The minimum absolute atomic E-state index is 0.268. The molecular formula is C20H25N3O3. The van der Waals surface area contributed by atoms with Gasteiger partial charge in [0.25, 0.3) is 5.91 Å². The van der Waals surface area contributed by atoms with Gasteiger partial charge in [-0.2, -0.15) is 0 Å². The number of nitrogens with one attached hydrogen (secondary N) is 1. The standard InChI is InChI=1S/C20H25N3O3/c1-25-16-8-10-17(19(13-16)26-2)22-20(24)18-9-7-15(14-21-18)23-11-5-3-4-6-12-23/h7-10,13-14H,3-6,11-12H2,1-2H3,(H,22,24). The molecule has 1 aromatic heterocycles. The summed E-state index contributed by atoms with van der Waals surface area (Å²) in [6.45, 7) is 2.10. The van der Waals surface area contributed by atoms with Crippen LogP contribution in [0.15, 0.2) is 36.5 Å². The number of amides is 1. The Kier molecular flexibility index (Phi) is 5.94. The highest BCUT2D eigenvalue weighted by molar-refractivity contribution is 6.03. The zero-order chi connectivity index (χ0) is 18.4. The number of hydrogen-bond acceptors (Lipinski definition) is 5. The first-order valence-electron chi connectivity index (χ1n) is 8.95. The second kappa shape index (κ2) is 8.56. The van der Waals surface area contributed by atoms with Crippen LogP contribution in [0, 0.1) is 0 Å². The van der Waals surface area contributed by atoms with Crippen molar-refractivity contribution >= 4 is 17.3 Å². The van der Waals surface area contributed by atoms with Gasteiger partial charge in [-0.1, -0.05) is 12.8 Å². The van der Waals surface area contributed by atoms with E-state index in [4.69, 9.17) is 9.47 Å². The van der Waals surface area contributed by atoms with Crippen LogP contribution in [0.5, 0.6) is 11.5 Å². The summed E-state index contributed by atoms with van der Waals surface area (Å²) in [7, 11) is 3.14. The Bertz CT molecular complexity index is 738. The van der Waals surface area contributed by atoms with E-state index in [1.165, 1.54) is 25.7 Å². The molecule has 0 aliphatic carbocycles. The summed E-state index contributed by atoms with van der Waals surface area (Å²) in [5.74, 6) is 0.939. The van der Waals surface area contributed by atoms with E-state index in [9.17, 15) is 4.79 Å². The average molecular weight is 355 g/mol. The third-order valence-electron chi connectivity index (χ3n) is 4.61. The van der Waals surface area contributed by atoms with Crippen LogP contribution in [0.1, 0.15) is 36.2 Å². The quantitative estimate of drug-likeness (QED) is 0.885. The van der Waals surface area contributed by atoms with Crippen molar-refractivity contribution in [1.82, 2.24) is 4.98 Å². The van der Waals surface area contributed by atoms with Crippen molar-refractivity contribution in [3.63, 3.8) is 0 Å². The minimum Gasteiger partial charge on any atom is -0.497 e. The summed E-state index contributed by atoms with van der Waals surface area (Å²) in [5, 5.41) is 2.84. The molecular weight excluding hydrogens is 330 g/mol. The van der Waals surface area contributed by atoms with E-state index in [-0.39, 0.29) is 5.91 Å². The molecule has 0 unspecified atom stereocenters. The van der Waals surface area contributed by atoms with Gasteiger partial charge >= 0.3 is 0 Å². The van der Waals surface area contributed by atoms with Gasteiger partial charge < -0.3 is 19.7 Å². The molecule has 0 radical (unpaired) electrons. The van der Waals surface area contributed by atoms with E-state index in [1.807, 2.05) is 6.07 Å². The van der Waals surface area contributed by atoms with Gasteiger partial charge in [0.05, 0.1) is 31.8 Å². The van der Waals surface area contributed by atoms with Gasteiger partial charge in [0.2, 0.25) is 0 Å². The molecule has 1 saturated heterocycles. The molecule has 1 aliphatic heterocycles. The van der Waals surface area contributed by atoms with Crippen LogP contribution in [0.2, 0.25) is 0 Å². The molecule has 0 atom stereocenters. The highest BCUT2D eigenvalue weighted by atomic mass is 16.5. The average Bonchev–Trinajstić information content (AvgIpc) is 2.98. The summed E-state index contributed by atoms with van der Waals surface area (Å²) in [4.78, 5) is 19.2. The summed E-state index contributed by atoms with van der Waals surface area (Å²) < 4.78 is 10.5. The number of nitrogens with zero attached hydrogens (tertiary/aromatic N) is 2. The van der Waals surface area contributed by atoms with Crippen molar-refractivity contribution < 1.29 is 14.3 Å². The third kappa shape index (κ3) is 4.25. The van der Waals surface area contributed by atoms with Crippen LogP contribution in [0.4, 0.5) is 11.4 Å². The van der Waals surface area contributed by atoms with Crippen molar-refractivity contribution in [2.45, 2.75) is 25.7 Å². The number of ether oxygens (including phenoxy) is 2. The maximum atomic E-state index is 12.5. The molecule has 0 bridgehead atoms. The molecule has 2 heterocycles. The summed E-state index contributed by atoms with van der Waals surface area (Å²) >= 11 is 0. The fourth-order valence-electron chi connectivity index (χ4n) is 3.12. The molecule has 1 aromatic carbocycles. The lowest BCUT2D eigenvalue weighted by Gasteiger charge is -2.22. The molecule has 0 saturated carbocycles. The lowest BCUT2D eigenvalue weighted by molar-refractivity contribution is 0.102. The largest absolute Gasteiger partial charge is 0.497 e. The molecule has 1 amide bonds. The number of carbonyl (C=O) groups is 1. The van der Waals surface area contributed by atoms with Crippen molar-refractivity contribution in [3.05, 3.63) is 42.2 Å². The lowest BCUT2D eigenvalue weighted by atomic mass is 10.2. The lowest BCUT2D eigenvalue weighted by Crippen LogP contribution is -2.24. The second-order valence-corrected chi connectivity index (χ2v) is 6.32. The first-order chi connectivity index (χ1) is 12.7. The highest BCUT2D eigenvalue weighted by Gasteiger charge is 2.14. The Morgan fingerprint density at radius 1 is 1.04 bits per heavy atom. The van der Waals surface area contributed by atoms with Crippen LogP contribution >= 0.6 is 0 Å². The fraction of sp³-hybridized carbons (Fsp3) is 0.400. The number of pyridine rings is 1. The molecule has 138 valence electrons. The number of aromatic nitrogens is 1. The van der Waals surface area contributed by atoms with Gasteiger partial charge in [-0.3, -0.25) is 4.79 Å². The molecule has 3 rings (SSSR count). The van der Waals surface area contributed by atoms with Gasteiger partial charge in [-0.05, 0) is 37.1 Å². The molecule has 26 heavy (non-hydrogen) atoms. The normalized spacial score (nSPS) is 14.5. The first-order valence-corrected chi connectivity index (χ1v) is 8.95. The van der Waals surface area contributed by atoms with Crippen LogP contribution in [-0.4, -0.2) is 38.2 Å². The minimum atomic E-state index is -0.268. The van der Waals surface area contributed by atoms with Gasteiger partial charge in [-0.15, -0.1) is 0 Å². The Labute approximate surface area is 154 Å². The van der Waals surface area contributed by atoms with Crippen molar-refractivity contribution in [2.75, 3.05) is 37.5 Å². The number of rotatable bonds is 5. The monoisotopic (exact) mass is 355 g/mol. The zero-order valence-electron chi connectivity index (χ0n) is 15.3. The maximum absolute atomic E-state index is 12.5. The number of anilines is 2. The van der Waals surface area contributed by atoms with E-state index >= 15 is 0 Å². The van der Waals surface area contributed by atoms with E-state index in [0.717, 1.165) is 18.8 Å². The van der Waals surface area contributed by atoms with E-state index in [2.05, 4.69) is 15.2 Å². The smallest absolute Gasteiger partial charge is 0.274 e. The topological polar surface area (TPSA) is 63.7 Å². The Morgan fingerprint density at radius 3 is 2.42 bits per heavy atom. The predicted octanol–water partition coefficient (Wildman–Crippen LogP) is 3.73. The third-order valence-corrected chi connectivity index (χ3v) is 4.61. The highest BCUT2D eigenvalue weighted by Crippen LogP contribution is 2.29.